The van der Waals surface area contributed by atoms with Crippen LogP contribution < -0.4 is 15.4 Å². The van der Waals surface area contributed by atoms with Gasteiger partial charge in [-0.25, -0.2) is 9.18 Å². The number of benzene rings is 2. The van der Waals surface area contributed by atoms with Gasteiger partial charge in [-0.1, -0.05) is 24.3 Å². The highest BCUT2D eigenvalue weighted by Gasteiger charge is 2.01. The van der Waals surface area contributed by atoms with Gasteiger partial charge < -0.3 is 15.4 Å². The molecule has 0 aliphatic rings. The molecular formula is C16H17FN2O2. The number of rotatable bonds is 6. The molecule has 4 nitrogen and oxygen atoms in total. The molecule has 2 N–H and O–H groups in total. The lowest BCUT2D eigenvalue weighted by Crippen LogP contribution is -2.30. The summed E-state index contributed by atoms with van der Waals surface area (Å²) in [5, 5.41) is 5.24. The quantitative estimate of drug-likeness (QED) is 0.800. The van der Waals surface area contributed by atoms with Crippen molar-refractivity contribution >= 4 is 11.7 Å². The van der Waals surface area contributed by atoms with Gasteiger partial charge in [-0.2, -0.15) is 0 Å². The maximum atomic E-state index is 12.9. The molecule has 21 heavy (non-hydrogen) atoms. The number of hydrogen-bond acceptors (Lipinski definition) is 2. The monoisotopic (exact) mass is 288 g/mol. The van der Waals surface area contributed by atoms with Crippen molar-refractivity contribution in [1.29, 1.82) is 0 Å². The normalized spacial score (nSPS) is 9.95. The topological polar surface area (TPSA) is 50.4 Å². The van der Waals surface area contributed by atoms with Crippen LogP contribution in [0.2, 0.25) is 0 Å². The van der Waals surface area contributed by atoms with E-state index in [1.807, 2.05) is 30.3 Å². The lowest BCUT2D eigenvalue weighted by Gasteiger charge is -2.08. The van der Waals surface area contributed by atoms with Crippen LogP contribution in [0, 0.1) is 5.82 Å². The summed E-state index contributed by atoms with van der Waals surface area (Å²) < 4.78 is 18.4. The van der Waals surface area contributed by atoms with Gasteiger partial charge in [0.2, 0.25) is 0 Å². The Labute approximate surface area is 122 Å². The standard InChI is InChI=1S/C16H17FN2O2/c17-13-6-4-7-14(12-13)19-16(20)18-10-5-11-21-15-8-2-1-3-9-15/h1-4,6-9,12H,5,10-11H2,(H2,18,19,20). The Morgan fingerprint density at radius 2 is 1.90 bits per heavy atom. The second-order valence-electron chi connectivity index (χ2n) is 4.41. The Bertz CT molecular complexity index is 575. The van der Waals surface area contributed by atoms with E-state index in [0.29, 0.717) is 25.3 Å². The highest BCUT2D eigenvalue weighted by atomic mass is 19.1. The van der Waals surface area contributed by atoms with Crippen LogP contribution in [0.15, 0.2) is 54.6 Å². The number of nitrogens with one attached hydrogen (secondary N) is 2. The van der Waals surface area contributed by atoms with Crippen molar-refractivity contribution in [3.05, 3.63) is 60.4 Å². The zero-order valence-electron chi connectivity index (χ0n) is 11.5. The van der Waals surface area contributed by atoms with Crippen LogP contribution >= 0.6 is 0 Å². The predicted octanol–water partition coefficient (Wildman–Crippen LogP) is 3.42. The summed E-state index contributed by atoms with van der Waals surface area (Å²) in [5.41, 5.74) is 0.424. The fourth-order valence-corrected chi connectivity index (χ4v) is 1.72. The summed E-state index contributed by atoms with van der Waals surface area (Å²) in [6, 6.07) is 14.9. The molecule has 2 amide bonds. The Balaban J connectivity index is 1.61. The molecule has 0 bridgehead atoms. The molecule has 0 heterocycles. The molecule has 0 aromatic heterocycles. The first-order valence-electron chi connectivity index (χ1n) is 6.72. The summed E-state index contributed by atoms with van der Waals surface area (Å²) in [5.74, 6) is 0.422. The minimum Gasteiger partial charge on any atom is -0.494 e. The van der Waals surface area contributed by atoms with E-state index in [2.05, 4.69) is 10.6 Å². The molecule has 110 valence electrons. The number of carbonyl (C=O) groups is 1. The van der Waals surface area contributed by atoms with E-state index < -0.39 is 0 Å². The van der Waals surface area contributed by atoms with Gasteiger partial charge in [-0.15, -0.1) is 0 Å². The van der Waals surface area contributed by atoms with E-state index in [0.717, 1.165) is 5.75 Å². The van der Waals surface area contributed by atoms with E-state index in [4.69, 9.17) is 4.74 Å². The third-order valence-corrected chi connectivity index (χ3v) is 2.70. The molecular weight excluding hydrogens is 271 g/mol. The number of urea groups is 1. The minimum absolute atomic E-state index is 0.361. The first kappa shape index (κ1) is 14.8. The summed E-state index contributed by atoms with van der Waals surface area (Å²) in [6.07, 6.45) is 0.686. The number of carbonyl (C=O) groups excluding carboxylic acids is 1. The molecule has 0 fully saturated rings. The summed E-state index contributed by atoms with van der Waals surface area (Å²) in [7, 11) is 0. The highest BCUT2D eigenvalue weighted by molar-refractivity contribution is 5.89. The van der Waals surface area contributed by atoms with Crippen molar-refractivity contribution in [1.82, 2.24) is 5.32 Å². The van der Waals surface area contributed by atoms with Gasteiger partial charge in [-0.3, -0.25) is 0 Å². The molecule has 5 heteroatoms. The van der Waals surface area contributed by atoms with Crippen molar-refractivity contribution < 1.29 is 13.9 Å². The first-order valence-corrected chi connectivity index (χ1v) is 6.72. The molecule has 0 saturated heterocycles. The lowest BCUT2D eigenvalue weighted by molar-refractivity contribution is 0.250. The van der Waals surface area contributed by atoms with E-state index in [9.17, 15) is 9.18 Å². The number of halogens is 1. The smallest absolute Gasteiger partial charge is 0.319 e. The minimum atomic E-state index is -0.385. The average Bonchev–Trinajstić information content (AvgIpc) is 2.48. The van der Waals surface area contributed by atoms with Gasteiger partial charge >= 0.3 is 6.03 Å². The highest BCUT2D eigenvalue weighted by Crippen LogP contribution is 2.09. The molecule has 2 rings (SSSR count). The Hall–Kier alpha value is -2.56. The van der Waals surface area contributed by atoms with Crippen LogP contribution in [-0.4, -0.2) is 19.2 Å². The fourth-order valence-electron chi connectivity index (χ4n) is 1.72. The summed E-state index contributed by atoms with van der Waals surface area (Å²) in [6.45, 7) is 0.998. The van der Waals surface area contributed by atoms with E-state index >= 15 is 0 Å². The van der Waals surface area contributed by atoms with Gasteiger partial charge in [0.25, 0.3) is 0 Å². The number of anilines is 1. The van der Waals surface area contributed by atoms with Gasteiger partial charge in [0.05, 0.1) is 6.61 Å². The van der Waals surface area contributed by atoms with Crippen molar-refractivity contribution in [3.8, 4) is 5.75 Å². The molecule has 0 unspecified atom stereocenters. The third-order valence-electron chi connectivity index (χ3n) is 2.70. The second kappa shape index (κ2) is 7.89. The van der Waals surface area contributed by atoms with Crippen molar-refractivity contribution in [2.75, 3.05) is 18.5 Å². The SMILES string of the molecule is O=C(NCCCOc1ccccc1)Nc1cccc(F)c1. The molecule has 0 radical (unpaired) electrons. The molecule has 0 aliphatic carbocycles. The van der Waals surface area contributed by atoms with Gasteiger partial charge in [0.15, 0.2) is 0 Å². The maximum absolute atomic E-state index is 12.9. The van der Waals surface area contributed by atoms with E-state index in [-0.39, 0.29) is 11.8 Å². The van der Waals surface area contributed by atoms with Crippen LogP contribution in [0.1, 0.15) is 6.42 Å². The van der Waals surface area contributed by atoms with Crippen LogP contribution in [0.3, 0.4) is 0 Å². The van der Waals surface area contributed by atoms with Gasteiger partial charge in [-0.05, 0) is 36.8 Å². The predicted molar refractivity (Wildman–Crippen MR) is 80.0 cm³/mol. The van der Waals surface area contributed by atoms with E-state index in [1.54, 1.807) is 12.1 Å². The van der Waals surface area contributed by atoms with Crippen molar-refractivity contribution in [2.45, 2.75) is 6.42 Å². The van der Waals surface area contributed by atoms with Crippen molar-refractivity contribution in [2.24, 2.45) is 0 Å². The summed E-state index contributed by atoms with van der Waals surface area (Å²) >= 11 is 0. The van der Waals surface area contributed by atoms with Crippen LogP contribution in [0.25, 0.3) is 0 Å². The Kier molecular flexibility index (Phi) is 5.58. The van der Waals surface area contributed by atoms with Crippen LogP contribution in [0.4, 0.5) is 14.9 Å². The van der Waals surface area contributed by atoms with Gasteiger partial charge in [0, 0.05) is 12.2 Å². The summed E-state index contributed by atoms with van der Waals surface area (Å²) in [4.78, 5) is 11.6. The molecule has 2 aromatic rings. The Morgan fingerprint density at radius 1 is 1.10 bits per heavy atom. The fraction of sp³-hybridized carbons (Fsp3) is 0.188. The molecule has 2 aromatic carbocycles. The zero-order valence-corrected chi connectivity index (χ0v) is 11.5. The zero-order chi connectivity index (χ0) is 14.9. The van der Waals surface area contributed by atoms with E-state index in [1.165, 1.54) is 12.1 Å². The Morgan fingerprint density at radius 3 is 2.67 bits per heavy atom. The first-order chi connectivity index (χ1) is 10.2. The third kappa shape index (κ3) is 5.52. The maximum Gasteiger partial charge on any atom is 0.319 e. The number of para-hydroxylation sites is 1. The van der Waals surface area contributed by atoms with Crippen LogP contribution in [-0.2, 0) is 0 Å². The molecule has 0 atom stereocenters. The number of ether oxygens (including phenoxy) is 1. The largest absolute Gasteiger partial charge is 0.494 e. The molecule has 0 saturated carbocycles. The van der Waals surface area contributed by atoms with Gasteiger partial charge in [0.1, 0.15) is 11.6 Å². The average molecular weight is 288 g/mol. The van der Waals surface area contributed by atoms with Crippen molar-refractivity contribution in [3.63, 3.8) is 0 Å². The number of amides is 2. The number of hydrogen-bond donors (Lipinski definition) is 2. The lowest BCUT2D eigenvalue weighted by atomic mass is 10.3. The second-order valence-corrected chi connectivity index (χ2v) is 4.41. The van der Waals surface area contributed by atoms with Crippen LogP contribution in [0.5, 0.6) is 5.75 Å². The molecule has 0 spiro atoms. The molecule has 0 aliphatic heterocycles.